The maximum atomic E-state index is 15.3. The maximum Gasteiger partial charge on any atom is 0.412 e. The number of carbonyl (C=O) groups excluding carboxylic acids is 2. The Morgan fingerprint density at radius 1 is 1.13 bits per heavy atom. The highest BCUT2D eigenvalue weighted by atomic mass is 35.5. The van der Waals surface area contributed by atoms with Crippen molar-refractivity contribution >= 4 is 53.7 Å². The minimum Gasteiger partial charge on any atom is -1.00 e. The lowest BCUT2D eigenvalue weighted by molar-refractivity contribution is -0.143. The number of esters is 1. The van der Waals surface area contributed by atoms with E-state index in [0.717, 1.165) is 29.3 Å². The quantitative estimate of drug-likeness (QED) is 0.173. The number of anilines is 1. The van der Waals surface area contributed by atoms with Crippen LogP contribution in [0.3, 0.4) is 0 Å². The number of nitriles is 1. The number of amidine groups is 1. The van der Waals surface area contributed by atoms with Gasteiger partial charge in [-0.25, -0.2) is 18.6 Å². The Kier molecular flexibility index (Phi) is 15.0. The van der Waals surface area contributed by atoms with Crippen LogP contribution in [0, 0.1) is 29.9 Å². The van der Waals surface area contributed by atoms with E-state index >= 15 is 4.39 Å². The Morgan fingerprint density at radius 2 is 1.87 bits per heavy atom. The number of thiazole rings is 1. The van der Waals surface area contributed by atoms with Crippen molar-refractivity contribution in [3.63, 3.8) is 0 Å². The van der Waals surface area contributed by atoms with Gasteiger partial charge in [-0.05, 0) is 57.3 Å². The molecular formula is C36H36Cl2F2N7O5S. The second-order valence-corrected chi connectivity index (χ2v) is 12.7. The molecule has 0 fully saturated rings. The number of amides is 1. The molecule has 0 spiro atoms. The van der Waals surface area contributed by atoms with Crippen LogP contribution in [0.2, 0.25) is 0 Å². The summed E-state index contributed by atoms with van der Waals surface area (Å²) >= 11 is 1.24. The van der Waals surface area contributed by atoms with E-state index in [1.165, 1.54) is 22.7 Å². The van der Waals surface area contributed by atoms with Crippen molar-refractivity contribution in [1.29, 1.82) is 5.26 Å². The number of aliphatic imine (C=N–C) groups is 1. The number of halogens is 4. The number of β-amino-alcohol motifs (C(OH)–C–C–N with tert-alkyl or cyclic N) is 1. The van der Waals surface area contributed by atoms with Gasteiger partial charge < -0.3 is 32.3 Å². The van der Waals surface area contributed by atoms with Gasteiger partial charge in [0.2, 0.25) is 0 Å². The Bertz CT molecular complexity index is 2030. The van der Waals surface area contributed by atoms with Crippen molar-refractivity contribution in [3.05, 3.63) is 105 Å². The monoisotopic (exact) mass is 786 g/mol. The van der Waals surface area contributed by atoms with E-state index in [1.807, 2.05) is 6.92 Å². The van der Waals surface area contributed by atoms with Gasteiger partial charge in [-0.1, -0.05) is 41.7 Å². The molecule has 1 aliphatic heterocycles. The van der Waals surface area contributed by atoms with Crippen LogP contribution in [0.4, 0.5) is 19.3 Å². The molecule has 53 heavy (non-hydrogen) atoms. The van der Waals surface area contributed by atoms with Crippen molar-refractivity contribution in [2.24, 2.45) is 5.10 Å². The topological polar surface area (TPSA) is 163 Å². The molecule has 0 aliphatic carbocycles. The average Bonchev–Trinajstić information content (AvgIpc) is 3.80. The highest BCUT2D eigenvalue weighted by Gasteiger charge is 2.46. The van der Waals surface area contributed by atoms with Crippen LogP contribution < -0.4 is 28.0 Å². The summed E-state index contributed by atoms with van der Waals surface area (Å²) in [4.78, 5) is 33.7. The number of hydrazone groups is 1. The van der Waals surface area contributed by atoms with Gasteiger partial charge in [-0.3, -0.25) is 10.1 Å². The Balaban J connectivity index is 0.00000378. The number of hydrogen-bond donors (Lipinski definition) is 3. The number of rotatable bonds is 13. The smallest absolute Gasteiger partial charge is 0.412 e. The molecule has 1 unspecified atom stereocenters. The number of aryl methyl sites for hydroxylation is 1. The van der Waals surface area contributed by atoms with Gasteiger partial charge in [0.25, 0.3) is 6.34 Å². The SMILES string of the molecule is CNCC(=O)OCc1cc(C)ccc1NC(=O)OC(C)C1=NN(C[C@](O)(c2cc(F)ccc2F)[C@@H](C)c2nc(-c3ccc(C#N)cc3)cs2)C=[N+]1.Cl.[Cl-]. The minimum atomic E-state index is -2.06. The van der Waals surface area contributed by atoms with Gasteiger partial charge in [0, 0.05) is 33.1 Å². The summed E-state index contributed by atoms with van der Waals surface area (Å²) < 4.78 is 40.6. The van der Waals surface area contributed by atoms with E-state index in [-0.39, 0.29) is 55.9 Å². The maximum absolute atomic E-state index is 15.3. The fourth-order valence-corrected chi connectivity index (χ4v) is 6.28. The number of hydrogen-bond acceptors (Lipinski definition) is 12. The molecule has 3 aromatic carbocycles. The standard InChI is InChI=1S/C36H35F2N7O5S.2ClH/c1-21-5-12-30(26(13-21)17-49-32(46)16-40-4)43-35(47)50-23(3)33-41-20-45(44-33)19-36(48,28-14-27(37)10-11-29(28)38)22(2)34-42-31(18-51-34)25-8-6-24(15-39)7-9-25;;/h5-14,18,20,22-23,40,48H,16-17,19H2,1-4H3,(H,43,47);2*1H/q+1;;/p-1/t22-,23?,36+;;/m0../s1. The number of aromatic nitrogens is 1. The summed E-state index contributed by atoms with van der Waals surface area (Å²) in [6.07, 6.45) is -0.484. The predicted octanol–water partition coefficient (Wildman–Crippen LogP) is 2.58. The number of benzene rings is 3. The highest BCUT2D eigenvalue weighted by molar-refractivity contribution is 7.10. The number of likely N-dealkylation sites (N-methyl/N-ethyl adjacent to an activating group) is 1. The summed E-state index contributed by atoms with van der Waals surface area (Å²) in [6.45, 7) is 4.68. The largest absolute Gasteiger partial charge is 1.00 e. The van der Waals surface area contributed by atoms with Crippen molar-refractivity contribution < 1.29 is 45.4 Å². The summed E-state index contributed by atoms with van der Waals surface area (Å²) in [6, 6.07) is 17.0. The van der Waals surface area contributed by atoms with Gasteiger partial charge in [0.05, 0.1) is 34.6 Å². The van der Waals surface area contributed by atoms with Gasteiger partial charge >= 0.3 is 17.9 Å². The third-order valence-electron chi connectivity index (χ3n) is 8.13. The van der Waals surface area contributed by atoms with Gasteiger partial charge in [0.1, 0.15) is 30.4 Å². The number of nitrogens with one attached hydrogen (secondary N) is 2. The lowest BCUT2D eigenvalue weighted by atomic mass is 9.81. The summed E-state index contributed by atoms with van der Waals surface area (Å²) in [5.74, 6) is -2.80. The van der Waals surface area contributed by atoms with Gasteiger partial charge in [0.15, 0.2) is 6.10 Å². The molecule has 1 aromatic heterocycles. The van der Waals surface area contributed by atoms with Crippen LogP contribution in [0.5, 0.6) is 0 Å². The molecule has 17 heteroatoms. The zero-order valence-corrected chi connectivity index (χ0v) is 31.4. The van der Waals surface area contributed by atoms with E-state index in [1.54, 1.807) is 68.7 Å². The first-order valence-corrected chi connectivity index (χ1v) is 16.7. The van der Waals surface area contributed by atoms with Crippen molar-refractivity contribution in [2.75, 3.05) is 25.5 Å². The molecule has 12 nitrogen and oxygen atoms in total. The van der Waals surface area contributed by atoms with E-state index in [9.17, 15) is 19.1 Å². The fraction of sp³-hybridized carbons (Fsp3) is 0.278. The molecule has 1 radical (unpaired) electrons. The minimum absolute atomic E-state index is 0. The highest BCUT2D eigenvalue weighted by Crippen LogP contribution is 2.41. The van der Waals surface area contributed by atoms with Crippen LogP contribution >= 0.6 is 23.7 Å². The van der Waals surface area contributed by atoms with Crippen LogP contribution in [-0.4, -0.2) is 65.6 Å². The van der Waals surface area contributed by atoms with Crippen LogP contribution in [0.1, 0.15) is 47.0 Å². The number of aliphatic hydroxyl groups is 1. The first-order valence-electron chi connectivity index (χ1n) is 15.8. The zero-order valence-electron chi connectivity index (χ0n) is 29.0. The Morgan fingerprint density at radius 3 is 2.57 bits per heavy atom. The molecule has 5 rings (SSSR count). The van der Waals surface area contributed by atoms with Crippen LogP contribution in [0.15, 0.2) is 71.1 Å². The molecular weight excluding hydrogens is 751 g/mol. The molecule has 2 heterocycles. The van der Waals surface area contributed by atoms with Crippen LogP contribution in [-0.2, 0) is 26.5 Å². The normalized spacial score (nSPS) is 14.1. The van der Waals surface area contributed by atoms with E-state index in [4.69, 9.17) is 14.7 Å². The second kappa shape index (κ2) is 18.7. The molecule has 3 N–H and O–H groups in total. The summed E-state index contributed by atoms with van der Waals surface area (Å²) in [5, 5.41) is 34.6. The lowest BCUT2D eigenvalue weighted by Crippen LogP contribution is -3.00. The lowest BCUT2D eigenvalue weighted by Gasteiger charge is -2.33. The summed E-state index contributed by atoms with van der Waals surface area (Å²) in [7, 11) is 1.62. The number of nitrogens with zero attached hydrogens (tertiary/aromatic N) is 5. The molecule has 279 valence electrons. The van der Waals surface area contributed by atoms with Gasteiger partial charge in [-0.15, -0.1) is 28.8 Å². The number of carbonyl (C=O) groups is 2. The molecule has 0 saturated carbocycles. The Labute approximate surface area is 321 Å². The molecule has 4 aromatic rings. The third-order valence-corrected chi connectivity index (χ3v) is 9.15. The first kappa shape index (κ1) is 42.4. The van der Waals surface area contributed by atoms with Crippen molar-refractivity contribution in [3.8, 4) is 17.3 Å². The van der Waals surface area contributed by atoms with Crippen molar-refractivity contribution in [2.45, 2.75) is 45.0 Å². The fourth-order valence-electron chi connectivity index (χ4n) is 5.31. The second-order valence-electron chi connectivity index (χ2n) is 11.9. The Hall–Kier alpha value is -4.98. The predicted molar refractivity (Wildman–Crippen MR) is 195 cm³/mol. The van der Waals surface area contributed by atoms with Gasteiger partial charge in [-0.2, -0.15) is 5.26 Å². The van der Waals surface area contributed by atoms with Crippen molar-refractivity contribution in [1.82, 2.24) is 20.3 Å². The summed E-state index contributed by atoms with van der Waals surface area (Å²) in [5.41, 5.74) is 1.32. The van der Waals surface area contributed by atoms with E-state index in [0.29, 0.717) is 27.5 Å². The van der Waals surface area contributed by atoms with E-state index in [2.05, 4.69) is 31.8 Å². The first-order chi connectivity index (χ1) is 24.4. The molecule has 3 atom stereocenters. The number of ether oxygens (including phenoxy) is 2. The zero-order chi connectivity index (χ0) is 36.7. The van der Waals surface area contributed by atoms with Crippen LogP contribution in [0.25, 0.3) is 11.3 Å². The van der Waals surface area contributed by atoms with E-state index < -0.39 is 41.3 Å². The molecule has 0 saturated heterocycles. The molecule has 0 bridgehead atoms. The molecule has 1 amide bonds. The third kappa shape index (κ3) is 10.3. The molecule has 1 aliphatic rings. The average molecular weight is 788 g/mol.